The first kappa shape index (κ1) is 29.4. The van der Waals surface area contributed by atoms with E-state index >= 15 is 0 Å². The fourth-order valence-corrected chi connectivity index (χ4v) is 5.68. The van der Waals surface area contributed by atoms with E-state index in [0.29, 0.717) is 19.0 Å². The van der Waals surface area contributed by atoms with Crippen molar-refractivity contribution in [1.29, 1.82) is 0 Å². The molecule has 1 aliphatic carbocycles. The van der Waals surface area contributed by atoms with E-state index in [1.807, 2.05) is 18.2 Å². The Morgan fingerprint density at radius 3 is 2.09 bits per heavy atom. The number of carbonyl (C=O) groups excluding carboxylic acids is 1. The maximum Gasteiger partial charge on any atom is 0.226 e. The number of carbonyl (C=O) groups is 1. The number of nitrogens with zero attached hydrogens (tertiary/aromatic N) is 1. The van der Waals surface area contributed by atoms with E-state index < -0.39 is 6.10 Å². The molecule has 1 amide bonds. The summed E-state index contributed by atoms with van der Waals surface area (Å²) in [5, 5.41) is 13.6. The lowest BCUT2D eigenvalue weighted by Crippen LogP contribution is -2.46. The number of aliphatic hydroxyl groups is 1. The van der Waals surface area contributed by atoms with E-state index in [0.717, 1.165) is 38.6 Å². The van der Waals surface area contributed by atoms with Crippen molar-refractivity contribution >= 4 is 17.9 Å². The average Bonchev–Trinajstić information content (AvgIpc) is 2.85. The Morgan fingerprint density at radius 2 is 1.57 bits per heavy atom. The number of hydrogen-bond donors (Lipinski definition) is 2. The van der Waals surface area contributed by atoms with Crippen LogP contribution in [-0.4, -0.2) is 41.1 Å². The molecule has 0 bridgehead atoms. The van der Waals surface area contributed by atoms with Crippen molar-refractivity contribution in [2.75, 3.05) is 19.6 Å². The molecule has 2 N–H and O–H groups in total. The van der Waals surface area contributed by atoms with Crippen LogP contribution in [0.4, 0.5) is 0 Å². The van der Waals surface area contributed by atoms with E-state index in [1.165, 1.54) is 22.4 Å². The number of nitrogens with one attached hydrogen (secondary N) is 1. The van der Waals surface area contributed by atoms with Crippen LogP contribution in [0.2, 0.25) is 0 Å². The summed E-state index contributed by atoms with van der Waals surface area (Å²) >= 11 is 1.68. The molecule has 0 heterocycles. The second kappa shape index (κ2) is 15.3. The number of benzene rings is 2. The summed E-state index contributed by atoms with van der Waals surface area (Å²) in [4.78, 5) is 14.0. The number of rotatable bonds is 10. The van der Waals surface area contributed by atoms with Gasteiger partial charge in [0.2, 0.25) is 5.91 Å². The smallest absolute Gasteiger partial charge is 0.226 e. The Bertz CT molecular complexity index is 848. The van der Waals surface area contributed by atoms with Crippen LogP contribution >= 0.6 is 11.9 Å². The van der Waals surface area contributed by atoms with E-state index in [-0.39, 0.29) is 11.3 Å². The van der Waals surface area contributed by atoms with Crippen LogP contribution < -0.4 is 5.32 Å². The molecule has 0 radical (unpaired) electrons. The van der Waals surface area contributed by atoms with Crippen LogP contribution in [0, 0.1) is 25.2 Å². The molecule has 35 heavy (non-hydrogen) atoms. The van der Waals surface area contributed by atoms with Crippen LogP contribution in [0.3, 0.4) is 0 Å². The molecule has 0 unspecified atom stereocenters. The number of aliphatic hydroxyl groups excluding tert-OH is 1. The predicted molar refractivity (Wildman–Crippen MR) is 149 cm³/mol. The van der Waals surface area contributed by atoms with Crippen LogP contribution in [0.15, 0.2) is 59.5 Å². The summed E-state index contributed by atoms with van der Waals surface area (Å²) in [6, 6.07) is 18.7. The molecule has 5 heteroatoms. The minimum atomic E-state index is -0.571. The summed E-state index contributed by atoms with van der Waals surface area (Å²) in [6.45, 7) is 12.4. The maximum atomic E-state index is 12.8. The minimum Gasteiger partial charge on any atom is -0.390 e. The lowest BCUT2D eigenvalue weighted by molar-refractivity contribution is -0.133. The van der Waals surface area contributed by atoms with Gasteiger partial charge in [0.05, 0.1) is 6.10 Å². The third kappa shape index (κ3) is 10.8. The second-order valence-electron chi connectivity index (χ2n) is 10.4. The quantitative estimate of drug-likeness (QED) is 0.354. The monoisotopic (exact) mass is 498 g/mol. The van der Waals surface area contributed by atoms with Gasteiger partial charge in [0.1, 0.15) is 0 Å². The van der Waals surface area contributed by atoms with Crippen molar-refractivity contribution in [1.82, 2.24) is 9.62 Å². The lowest BCUT2D eigenvalue weighted by Gasteiger charge is -2.35. The van der Waals surface area contributed by atoms with E-state index in [1.54, 1.807) is 11.9 Å². The van der Waals surface area contributed by atoms with Gasteiger partial charge in [0.25, 0.3) is 0 Å². The van der Waals surface area contributed by atoms with Crippen molar-refractivity contribution in [3.05, 3.63) is 65.7 Å². The van der Waals surface area contributed by atoms with Gasteiger partial charge < -0.3 is 10.4 Å². The first-order valence-electron chi connectivity index (χ1n) is 13.2. The number of hydrogen-bond acceptors (Lipinski definition) is 4. The van der Waals surface area contributed by atoms with Crippen LogP contribution in [0.1, 0.15) is 70.4 Å². The van der Waals surface area contributed by atoms with Crippen molar-refractivity contribution in [3.63, 3.8) is 0 Å². The first-order valence-corrected chi connectivity index (χ1v) is 14.0. The molecule has 1 fully saturated rings. The number of aryl methyl sites for hydroxylation is 2. The molecule has 3 rings (SSSR count). The Labute approximate surface area is 218 Å². The van der Waals surface area contributed by atoms with Gasteiger partial charge >= 0.3 is 0 Å². The van der Waals surface area contributed by atoms with Gasteiger partial charge in [-0.25, -0.2) is 4.31 Å². The Morgan fingerprint density at radius 1 is 0.971 bits per heavy atom. The Hall–Kier alpha value is -1.82. The molecule has 0 aliphatic heterocycles. The van der Waals surface area contributed by atoms with E-state index in [9.17, 15) is 9.90 Å². The highest BCUT2D eigenvalue weighted by Gasteiger charge is 2.37. The third-order valence-electron chi connectivity index (χ3n) is 6.65. The highest BCUT2D eigenvalue weighted by Crippen LogP contribution is 2.39. The summed E-state index contributed by atoms with van der Waals surface area (Å²) in [6.07, 6.45) is 5.79. The van der Waals surface area contributed by atoms with E-state index in [4.69, 9.17) is 0 Å². The molecule has 0 saturated heterocycles. The zero-order valence-corrected chi connectivity index (χ0v) is 23.2. The van der Waals surface area contributed by atoms with Crippen molar-refractivity contribution in [2.45, 2.75) is 84.1 Å². The molecule has 2 aromatic rings. The summed E-state index contributed by atoms with van der Waals surface area (Å²) in [7, 11) is 0. The topological polar surface area (TPSA) is 52.6 Å². The molecule has 0 spiro atoms. The first-order chi connectivity index (χ1) is 16.7. The lowest BCUT2D eigenvalue weighted by atomic mass is 9.71. The molecule has 1 saturated carbocycles. The van der Waals surface area contributed by atoms with Gasteiger partial charge in [0, 0.05) is 29.9 Å². The standard InChI is InChI=1S/C23H38N2O2S.C7H8/c1-5-23(13-7-6-8-14-23)22(27)24-15-20(26)17-25(16-18(2)3)28-21-11-9-19(4)10-12-21;1-7-5-3-2-4-6-7/h9-12,18,20,26H,5-8,13-17H2,1-4H3,(H,24,27);2-6H,1H3/t20-;/m0./s1. The van der Waals surface area contributed by atoms with Gasteiger partial charge in [-0.2, -0.15) is 0 Å². The zero-order chi connectivity index (χ0) is 25.7. The van der Waals surface area contributed by atoms with Crippen molar-refractivity contribution < 1.29 is 9.90 Å². The Balaban J connectivity index is 0.000000527. The maximum absolute atomic E-state index is 12.8. The van der Waals surface area contributed by atoms with Crippen LogP contribution in [0.25, 0.3) is 0 Å². The second-order valence-corrected chi connectivity index (χ2v) is 11.5. The molecule has 2 aromatic carbocycles. The molecule has 4 nitrogen and oxygen atoms in total. The van der Waals surface area contributed by atoms with E-state index in [2.05, 4.69) is 80.6 Å². The fourth-order valence-electron chi connectivity index (χ4n) is 4.51. The SMILES string of the molecule is CCC1(C(=O)NC[C@H](O)CN(CC(C)C)Sc2ccc(C)cc2)CCCCC1.Cc1ccccc1. The molecule has 0 aromatic heterocycles. The van der Waals surface area contributed by atoms with Crippen LogP contribution in [-0.2, 0) is 4.79 Å². The average molecular weight is 499 g/mol. The zero-order valence-electron chi connectivity index (χ0n) is 22.4. The largest absolute Gasteiger partial charge is 0.390 e. The highest BCUT2D eigenvalue weighted by atomic mass is 32.2. The predicted octanol–water partition coefficient (Wildman–Crippen LogP) is 6.79. The summed E-state index contributed by atoms with van der Waals surface area (Å²) < 4.78 is 2.21. The van der Waals surface area contributed by atoms with Crippen molar-refractivity contribution in [3.8, 4) is 0 Å². The van der Waals surface area contributed by atoms with Crippen LogP contribution in [0.5, 0.6) is 0 Å². The van der Waals surface area contributed by atoms with Gasteiger partial charge in [0.15, 0.2) is 0 Å². The van der Waals surface area contributed by atoms with Gasteiger partial charge in [-0.15, -0.1) is 0 Å². The summed E-state index contributed by atoms with van der Waals surface area (Å²) in [5.41, 5.74) is 2.35. The molecular weight excluding hydrogens is 452 g/mol. The van der Waals surface area contributed by atoms with Gasteiger partial charge in [-0.3, -0.25) is 4.79 Å². The minimum absolute atomic E-state index is 0.135. The van der Waals surface area contributed by atoms with Crippen molar-refractivity contribution in [2.24, 2.45) is 11.3 Å². The molecule has 1 atom stereocenters. The third-order valence-corrected chi connectivity index (χ3v) is 7.69. The highest BCUT2D eigenvalue weighted by molar-refractivity contribution is 7.97. The normalized spacial score (nSPS) is 15.9. The molecule has 1 aliphatic rings. The summed E-state index contributed by atoms with van der Waals surface area (Å²) in [5.74, 6) is 0.640. The van der Waals surface area contributed by atoms with Gasteiger partial charge in [-0.05, 0) is 63.1 Å². The molecular formula is C30H46N2O2S. The Kier molecular flexibility index (Phi) is 12.9. The molecule has 194 valence electrons. The van der Waals surface area contributed by atoms with Gasteiger partial charge in [-0.1, -0.05) is 93.6 Å². The number of amides is 1. The fraction of sp³-hybridized carbons (Fsp3) is 0.567.